The molecule has 11 aromatic rings. The van der Waals surface area contributed by atoms with Gasteiger partial charge in [-0.25, -0.2) is 4.98 Å². The number of benzene rings is 7. The summed E-state index contributed by atoms with van der Waals surface area (Å²) in [4.78, 5) is 15.6. The highest BCUT2D eigenvalue weighted by atomic mass is 32.1. The average molecular weight is 629 g/mol. The van der Waals surface area contributed by atoms with Crippen LogP contribution in [0.2, 0.25) is 0 Å². The normalized spacial score (nSPS) is 12.2. The Bertz CT molecular complexity index is 2990. The van der Waals surface area contributed by atoms with Crippen molar-refractivity contribution in [3.05, 3.63) is 146 Å². The van der Waals surface area contributed by atoms with Crippen LogP contribution in [-0.4, -0.2) is 19.5 Å². The van der Waals surface area contributed by atoms with Crippen molar-refractivity contribution in [1.82, 2.24) is 19.5 Å². The minimum Gasteiger partial charge on any atom is -0.277 e. The van der Waals surface area contributed by atoms with Gasteiger partial charge in [-0.1, -0.05) is 121 Å². The monoisotopic (exact) mass is 628 g/mol. The fourth-order valence-electron chi connectivity index (χ4n) is 7.77. The first-order chi connectivity index (χ1) is 23.8. The summed E-state index contributed by atoms with van der Waals surface area (Å²) in [5, 5.41) is 12.5. The van der Waals surface area contributed by atoms with E-state index in [2.05, 4.69) is 114 Å². The van der Waals surface area contributed by atoms with E-state index in [0.717, 1.165) is 22.2 Å². The van der Waals surface area contributed by atoms with E-state index in [1.54, 1.807) is 0 Å². The predicted molar refractivity (Wildman–Crippen MR) is 202 cm³/mol. The maximum atomic E-state index is 5.26. The van der Waals surface area contributed by atoms with Crippen LogP contribution >= 0.6 is 11.3 Å². The van der Waals surface area contributed by atoms with Crippen LogP contribution in [0, 0.1) is 0 Å². The van der Waals surface area contributed by atoms with Crippen LogP contribution in [0.15, 0.2) is 146 Å². The second-order valence-corrected chi connectivity index (χ2v) is 13.5. The molecule has 3 heterocycles. The van der Waals surface area contributed by atoms with Gasteiger partial charge in [0.05, 0.1) is 11.0 Å². The Balaban J connectivity index is 1.43. The molecule has 0 aliphatic rings. The highest BCUT2D eigenvalue weighted by Crippen LogP contribution is 2.49. The van der Waals surface area contributed by atoms with Crippen molar-refractivity contribution in [2.45, 2.75) is 0 Å². The van der Waals surface area contributed by atoms with Crippen LogP contribution < -0.4 is 0 Å². The van der Waals surface area contributed by atoms with Crippen molar-refractivity contribution in [3.8, 4) is 28.7 Å². The molecular formula is C43H24N4S. The molecule has 11 rings (SSSR count). The molecule has 48 heavy (non-hydrogen) atoms. The first kappa shape index (κ1) is 26.0. The summed E-state index contributed by atoms with van der Waals surface area (Å²) in [5.74, 6) is 1.90. The van der Waals surface area contributed by atoms with Gasteiger partial charge in [-0.15, -0.1) is 11.3 Å². The third kappa shape index (κ3) is 3.51. The number of fused-ring (bicyclic) bond motifs is 5. The molecule has 0 radical (unpaired) electrons. The highest BCUT2D eigenvalue weighted by Gasteiger charge is 2.25. The van der Waals surface area contributed by atoms with Crippen LogP contribution in [-0.2, 0) is 0 Å². The van der Waals surface area contributed by atoms with Crippen molar-refractivity contribution < 1.29 is 0 Å². The first-order valence-electron chi connectivity index (χ1n) is 16.1. The van der Waals surface area contributed by atoms with E-state index in [-0.39, 0.29) is 0 Å². The third-order valence-electron chi connectivity index (χ3n) is 9.77. The summed E-state index contributed by atoms with van der Waals surface area (Å²) < 4.78 is 4.89. The third-order valence-corrected chi connectivity index (χ3v) is 10.9. The molecule has 0 amide bonds. The van der Waals surface area contributed by atoms with Crippen LogP contribution in [0.4, 0.5) is 0 Å². The second-order valence-electron chi connectivity index (χ2n) is 12.4. The summed E-state index contributed by atoms with van der Waals surface area (Å²) in [6, 6.07) is 51.7. The lowest BCUT2D eigenvalue weighted by Crippen LogP contribution is -2.06. The number of aromatic nitrogens is 4. The van der Waals surface area contributed by atoms with Gasteiger partial charge in [0.1, 0.15) is 0 Å². The van der Waals surface area contributed by atoms with Gasteiger partial charge in [-0.3, -0.25) is 4.57 Å². The molecule has 0 saturated heterocycles. The number of hydrogen-bond donors (Lipinski definition) is 0. The lowest BCUT2D eigenvalue weighted by Gasteiger charge is -2.12. The Morgan fingerprint density at radius 1 is 0.417 bits per heavy atom. The van der Waals surface area contributed by atoms with Gasteiger partial charge in [-0.05, 0) is 51.2 Å². The van der Waals surface area contributed by atoms with Crippen LogP contribution in [0.1, 0.15) is 0 Å². The standard InChI is InChI=1S/C43H24N4S/c1-3-12-25(13-4-1)41-44-42(26-14-5-2-6-15-26)46-43(45-41)47-33-22-23-35-39-36-31(20-11-21-34(36)48-35)29-18-9-10-19-30(29)32-24-27-16-7-8-17-28(27)40(47)37(32)38(33)39/h1-24H. The van der Waals surface area contributed by atoms with Crippen molar-refractivity contribution in [3.63, 3.8) is 0 Å². The Hall–Kier alpha value is -6.17. The molecule has 0 bridgehead atoms. The fraction of sp³-hybridized carbons (Fsp3) is 0. The molecule has 0 fully saturated rings. The number of hydrogen-bond acceptors (Lipinski definition) is 4. The number of nitrogens with zero attached hydrogens (tertiary/aromatic N) is 4. The zero-order valence-corrected chi connectivity index (χ0v) is 26.4. The molecule has 0 spiro atoms. The summed E-state index contributed by atoms with van der Waals surface area (Å²) in [6.45, 7) is 0. The molecule has 0 aliphatic heterocycles. The Morgan fingerprint density at radius 2 is 1.02 bits per heavy atom. The summed E-state index contributed by atoms with van der Waals surface area (Å²) in [7, 11) is 0. The second kappa shape index (κ2) is 9.67. The van der Waals surface area contributed by atoms with Crippen molar-refractivity contribution >= 4 is 85.6 Å². The van der Waals surface area contributed by atoms with Gasteiger partial charge >= 0.3 is 0 Å². The predicted octanol–water partition coefficient (Wildman–Crippen LogP) is 11.6. The van der Waals surface area contributed by atoms with Gasteiger partial charge < -0.3 is 0 Å². The quantitative estimate of drug-likeness (QED) is 0.195. The van der Waals surface area contributed by atoms with Crippen molar-refractivity contribution in [2.75, 3.05) is 0 Å². The van der Waals surface area contributed by atoms with Crippen LogP contribution in [0.3, 0.4) is 0 Å². The minimum atomic E-state index is 0.608. The van der Waals surface area contributed by atoms with Crippen molar-refractivity contribution in [1.29, 1.82) is 0 Å². The molecule has 8 aromatic carbocycles. The molecule has 222 valence electrons. The molecule has 0 unspecified atom stereocenters. The van der Waals surface area contributed by atoms with Crippen LogP contribution in [0.5, 0.6) is 0 Å². The maximum absolute atomic E-state index is 5.26. The van der Waals surface area contributed by atoms with Gasteiger partial charge in [0.15, 0.2) is 11.6 Å². The summed E-state index contributed by atoms with van der Waals surface area (Å²) in [6.07, 6.45) is 0. The van der Waals surface area contributed by atoms with E-state index in [1.165, 1.54) is 63.3 Å². The molecule has 0 atom stereocenters. The smallest absolute Gasteiger partial charge is 0.238 e. The van der Waals surface area contributed by atoms with Gasteiger partial charge in [-0.2, -0.15) is 9.97 Å². The van der Waals surface area contributed by atoms with E-state index in [0.29, 0.717) is 17.6 Å². The van der Waals surface area contributed by atoms with Gasteiger partial charge in [0.2, 0.25) is 5.95 Å². The lowest BCUT2D eigenvalue weighted by molar-refractivity contribution is 0.955. The number of thiophene rings is 1. The highest BCUT2D eigenvalue weighted by molar-refractivity contribution is 7.26. The van der Waals surface area contributed by atoms with E-state index >= 15 is 0 Å². The van der Waals surface area contributed by atoms with E-state index in [9.17, 15) is 0 Å². The molecule has 0 saturated carbocycles. The molecule has 5 heteroatoms. The average Bonchev–Trinajstić information content (AvgIpc) is 3.71. The van der Waals surface area contributed by atoms with E-state index in [4.69, 9.17) is 15.0 Å². The van der Waals surface area contributed by atoms with Crippen LogP contribution in [0.25, 0.3) is 103 Å². The zero-order chi connectivity index (χ0) is 31.3. The first-order valence-corrected chi connectivity index (χ1v) is 16.9. The number of rotatable bonds is 3. The van der Waals surface area contributed by atoms with Gasteiger partial charge in [0.25, 0.3) is 0 Å². The van der Waals surface area contributed by atoms with Crippen molar-refractivity contribution in [2.24, 2.45) is 0 Å². The fourth-order valence-corrected chi connectivity index (χ4v) is 8.91. The molecule has 0 aliphatic carbocycles. The summed E-state index contributed by atoms with van der Waals surface area (Å²) >= 11 is 1.87. The minimum absolute atomic E-state index is 0.608. The SMILES string of the molecule is c1ccc(-c2nc(-c3ccccc3)nc(-n3c4ccc5sc6cccc7c8ccccc8c8cc9ccccc9c3c8c4c5c67)n2)cc1. The molecule has 3 aromatic heterocycles. The Morgan fingerprint density at radius 3 is 1.75 bits per heavy atom. The molecular weight excluding hydrogens is 605 g/mol. The Labute approximate surface area is 278 Å². The Kier molecular flexibility index (Phi) is 5.23. The topological polar surface area (TPSA) is 43.6 Å². The molecule has 0 N–H and O–H groups in total. The largest absolute Gasteiger partial charge is 0.277 e. The summed E-state index contributed by atoms with van der Waals surface area (Å²) in [5.41, 5.74) is 4.11. The zero-order valence-electron chi connectivity index (χ0n) is 25.6. The molecule has 4 nitrogen and oxygen atoms in total. The lowest BCUT2D eigenvalue weighted by atomic mass is 9.93. The van der Waals surface area contributed by atoms with E-state index < -0.39 is 0 Å². The maximum Gasteiger partial charge on any atom is 0.238 e. The van der Waals surface area contributed by atoms with E-state index in [1.807, 2.05) is 47.7 Å². The van der Waals surface area contributed by atoms with Gasteiger partial charge in [0, 0.05) is 47.5 Å².